The summed E-state index contributed by atoms with van der Waals surface area (Å²) in [7, 11) is 1.63. The number of hydrazine groups is 1. The van der Waals surface area contributed by atoms with Crippen LogP contribution in [-0.4, -0.2) is 18.7 Å². The molecule has 1 heterocycles. The zero-order valence-corrected chi connectivity index (χ0v) is 12.0. The van der Waals surface area contributed by atoms with Crippen molar-refractivity contribution in [3.63, 3.8) is 0 Å². The Labute approximate surface area is 116 Å². The van der Waals surface area contributed by atoms with Gasteiger partial charge in [-0.3, -0.25) is 5.43 Å². The molecule has 5 nitrogen and oxygen atoms in total. The SMILES string of the molecule is CCOc1cc(-c2sc(NN)nc2C)ccc1OC. The first-order valence-electron chi connectivity index (χ1n) is 5.94. The van der Waals surface area contributed by atoms with Crippen LogP contribution in [-0.2, 0) is 0 Å². The molecule has 0 saturated carbocycles. The standard InChI is InChI=1S/C13H17N3O2S/c1-4-18-11-7-9(5-6-10(11)17-3)12-8(2)15-13(16-14)19-12/h5-7H,4,14H2,1-3H3,(H,15,16). The molecule has 0 bridgehead atoms. The number of hydrogen-bond acceptors (Lipinski definition) is 6. The van der Waals surface area contributed by atoms with Crippen LogP contribution in [0.25, 0.3) is 10.4 Å². The van der Waals surface area contributed by atoms with Gasteiger partial charge in [0.25, 0.3) is 0 Å². The molecule has 6 heteroatoms. The molecule has 0 fully saturated rings. The first-order valence-corrected chi connectivity index (χ1v) is 6.76. The largest absolute Gasteiger partial charge is 0.493 e. The van der Waals surface area contributed by atoms with Gasteiger partial charge in [0, 0.05) is 0 Å². The van der Waals surface area contributed by atoms with E-state index >= 15 is 0 Å². The molecular formula is C13H17N3O2S. The average molecular weight is 279 g/mol. The summed E-state index contributed by atoms with van der Waals surface area (Å²) in [6.07, 6.45) is 0. The molecule has 0 unspecified atom stereocenters. The summed E-state index contributed by atoms with van der Waals surface area (Å²) in [5.41, 5.74) is 4.55. The summed E-state index contributed by atoms with van der Waals surface area (Å²) >= 11 is 1.51. The fraction of sp³-hybridized carbons (Fsp3) is 0.308. The van der Waals surface area contributed by atoms with E-state index in [9.17, 15) is 0 Å². The Morgan fingerprint density at radius 1 is 1.37 bits per heavy atom. The summed E-state index contributed by atoms with van der Waals surface area (Å²) in [6, 6.07) is 5.85. The molecule has 3 N–H and O–H groups in total. The normalized spacial score (nSPS) is 10.3. The fourth-order valence-corrected chi connectivity index (χ4v) is 2.69. The van der Waals surface area contributed by atoms with Crippen molar-refractivity contribution in [3.05, 3.63) is 23.9 Å². The Bertz CT molecular complexity index is 569. The van der Waals surface area contributed by atoms with Crippen LogP contribution in [0, 0.1) is 6.92 Å². The van der Waals surface area contributed by atoms with Gasteiger partial charge in [-0.2, -0.15) is 0 Å². The van der Waals surface area contributed by atoms with Gasteiger partial charge in [-0.05, 0) is 37.6 Å². The van der Waals surface area contributed by atoms with E-state index in [-0.39, 0.29) is 0 Å². The van der Waals surface area contributed by atoms with Crippen molar-refractivity contribution < 1.29 is 9.47 Å². The zero-order chi connectivity index (χ0) is 13.8. The third-order valence-corrected chi connectivity index (χ3v) is 3.78. The first kappa shape index (κ1) is 13.6. The highest BCUT2D eigenvalue weighted by atomic mass is 32.1. The van der Waals surface area contributed by atoms with E-state index in [2.05, 4.69) is 10.4 Å². The predicted molar refractivity (Wildman–Crippen MR) is 77.8 cm³/mol. The van der Waals surface area contributed by atoms with Gasteiger partial charge in [-0.15, -0.1) is 0 Å². The number of ether oxygens (including phenoxy) is 2. The van der Waals surface area contributed by atoms with Gasteiger partial charge in [0.05, 0.1) is 24.3 Å². The second-order valence-electron chi connectivity index (χ2n) is 3.88. The Kier molecular flexibility index (Phi) is 4.24. The minimum atomic E-state index is 0.594. The van der Waals surface area contributed by atoms with Gasteiger partial charge in [-0.1, -0.05) is 11.3 Å². The number of aryl methyl sites for hydroxylation is 1. The Hall–Kier alpha value is -1.79. The maximum absolute atomic E-state index is 5.58. The molecule has 0 amide bonds. The van der Waals surface area contributed by atoms with Crippen molar-refractivity contribution in [3.8, 4) is 21.9 Å². The molecule has 2 rings (SSSR count). The number of nitrogen functional groups attached to an aromatic ring is 1. The van der Waals surface area contributed by atoms with Gasteiger partial charge in [0.15, 0.2) is 16.6 Å². The number of nitrogens with one attached hydrogen (secondary N) is 1. The summed E-state index contributed by atoms with van der Waals surface area (Å²) in [4.78, 5) is 5.40. The fourth-order valence-electron chi connectivity index (χ4n) is 1.81. The van der Waals surface area contributed by atoms with E-state index in [1.165, 1.54) is 11.3 Å². The second kappa shape index (κ2) is 5.90. The monoisotopic (exact) mass is 279 g/mol. The molecule has 102 valence electrons. The number of nitrogens with zero attached hydrogens (tertiary/aromatic N) is 1. The predicted octanol–water partition coefficient (Wildman–Crippen LogP) is 2.81. The molecule has 1 aromatic heterocycles. The number of hydrogen-bond donors (Lipinski definition) is 2. The van der Waals surface area contributed by atoms with Gasteiger partial charge in [-0.25, -0.2) is 10.8 Å². The van der Waals surface area contributed by atoms with Crippen LogP contribution >= 0.6 is 11.3 Å². The summed E-state index contributed by atoms with van der Waals surface area (Å²) in [5.74, 6) is 6.85. The molecule has 0 spiro atoms. The molecule has 0 saturated heterocycles. The molecule has 19 heavy (non-hydrogen) atoms. The molecule has 0 atom stereocenters. The highest BCUT2D eigenvalue weighted by Gasteiger charge is 2.12. The number of methoxy groups -OCH3 is 1. The first-order chi connectivity index (χ1) is 9.19. The molecular weight excluding hydrogens is 262 g/mol. The Morgan fingerprint density at radius 2 is 2.16 bits per heavy atom. The van der Waals surface area contributed by atoms with E-state index in [0.717, 1.165) is 27.6 Å². The smallest absolute Gasteiger partial charge is 0.197 e. The van der Waals surface area contributed by atoms with Crippen LogP contribution in [0.5, 0.6) is 11.5 Å². The summed E-state index contributed by atoms with van der Waals surface area (Å²) < 4.78 is 10.9. The van der Waals surface area contributed by atoms with Crippen LogP contribution < -0.4 is 20.7 Å². The quantitative estimate of drug-likeness (QED) is 0.650. The number of nitrogens with two attached hydrogens (primary N) is 1. The molecule has 0 radical (unpaired) electrons. The van der Waals surface area contributed by atoms with Crippen molar-refractivity contribution >= 4 is 16.5 Å². The lowest BCUT2D eigenvalue weighted by Gasteiger charge is -2.10. The van der Waals surface area contributed by atoms with Gasteiger partial charge < -0.3 is 9.47 Å². The van der Waals surface area contributed by atoms with Crippen LogP contribution in [0.15, 0.2) is 18.2 Å². The maximum atomic E-state index is 5.58. The Morgan fingerprint density at radius 3 is 2.74 bits per heavy atom. The second-order valence-corrected chi connectivity index (χ2v) is 4.88. The van der Waals surface area contributed by atoms with Crippen molar-refractivity contribution in [2.24, 2.45) is 5.84 Å². The number of benzene rings is 1. The van der Waals surface area contributed by atoms with E-state index in [0.29, 0.717) is 11.7 Å². The average Bonchev–Trinajstić information content (AvgIpc) is 2.80. The highest BCUT2D eigenvalue weighted by molar-refractivity contribution is 7.19. The van der Waals surface area contributed by atoms with Crippen molar-refractivity contribution in [2.75, 3.05) is 19.1 Å². The maximum Gasteiger partial charge on any atom is 0.197 e. The van der Waals surface area contributed by atoms with Crippen LogP contribution in [0.4, 0.5) is 5.13 Å². The topological polar surface area (TPSA) is 69.4 Å². The number of anilines is 1. The number of aromatic nitrogens is 1. The molecule has 1 aromatic carbocycles. The van der Waals surface area contributed by atoms with Gasteiger partial charge in [0.1, 0.15) is 0 Å². The summed E-state index contributed by atoms with van der Waals surface area (Å²) in [5, 5.41) is 0.696. The van der Waals surface area contributed by atoms with Crippen LogP contribution in [0.1, 0.15) is 12.6 Å². The molecule has 0 aliphatic carbocycles. The number of thiazole rings is 1. The zero-order valence-electron chi connectivity index (χ0n) is 11.2. The van der Waals surface area contributed by atoms with E-state index < -0.39 is 0 Å². The minimum absolute atomic E-state index is 0.594. The van der Waals surface area contributed by atoms with Gasteiger partial charge in [0.2, 0.25) is 0 Å². The number of rotatable bonds is 5. The van der Waals surface area contributed by atoms with Crippen molar-refractivity contribution in [1.29, 1.82) is 0 Å². The molecule has 0 aliphatic heterocycles. The van der Waals surface area contributed by atoms with Crippen molar-refractivity contribution in [1.82, 2.24) is 4.98 Å². The molecule has 0 aliphatic rings. The highest BCUT2D eigenvalue weighted by Crippen LogP contribution is 2.37. The van der Waals surface area contributed by atoms with E-state index in [1.54, 1.807) is 7.11 Å². The minimum Gasteiger partial charge on any atom is -0.493 e. The lowest BCUT2D eigenvalue weighted by molar-refractivity contribution is 0.311. The summed E-state index contributed by atoms with van der Waals surface area (Å²) in [6.45, 7) is 4.49. The van der Waals surface area contributed by atoms with Crippen LogP contribution in [0.3, 0.4) is 0 Å². The molecule has 2 aromatic rings. The van der Waals surface area contributed by atoms with Gasteiger partial charge >= 0.3 is 0 Å². The Balaban J connectivity index is 2.44. The lowest BCUT2D eigenvalue weighted by Crippen LogP contribution is -2.05. The van der Waals surface area contributed by atoms with E-state index in [4.69, 9.17) is 15.3 Å². The lowest BCUT2D eigenvalue weighted by atomic mass is 10.1. The van der Waals surface area contributed by atoms with E-state index in [1.807, 2.05) is 32.0 Å². The third-order valence-electron chi connectivity index (χ3n) is 2.65. The third kappa shape index (κ3) is 2.80. The van der Waals surface area contributed by atoms with Crippen molar-refractivity contribution in [2.45, 2.75) is 13.8 Å². The van der Waals surface area contributed by atoms with Crippen LogP contribution in [0.2, 0.25) is 0 Å².